The zero-order chi connectivity index (χ0) is 17.0. The summed E-state index contributed by atoms with van der Waals surface area (Å²) in [6.45, 7) is 6.40. The smallest absolute Gasteiger partial charge is 0.293 e. The van der Waals surface area contributed by atoms with Gasteiger partial charge in [-0.25, -0.2) is 0 Å². The van der Waals surface area contributed by atoms with Gasteiger partial charge in [-0.2, -0.15) is 0 Å². The van der Waals surface area contributed by atoms with E-state index in [1.54, 1.807) is 18.2 Å². The van der Waals surface area contributed by atoms with Crippen molar-refractivity contribution in [1.82, 2.24) is 4.90 Å². The van der Waals surface area contributed by atoms with Crippen molar-refractivity contribution in [2.45, 2.75) is 39.7 Å². The van der Waals surface area contributed by atoms with Crippen molar-refractivity contribution < 1.29 is 14.3 Å². The molecule has 124 valence electrons. The van der Waals surface area contributed by atoms with Crippen LogP contribution in [-0.2, 0) is 4.79 Å². The first-order valence-electron chi connectivity index (χ1n) is 7.67. The quantitative estimate of drug-likeness (QED) is 0.678. The molecular formula is C17H20ClNO3S. The largest absolute Gasteiger partial charge is 0.489 e. The first kappa shape index (κ1) is 17.9. The molecule has 6 heteroatoms. The summed E-state index contributed by atoms with van der Waals surface area (Å²) in [6.07, 6.45) is 3.42. The topological polar surface area (TPSA) is 46.6 Å². The summed E-state index contributed by atoms with van der Waals surface area (Å²) in [4.78, 5) is 25.7. The van der Waals surface area contributed by atoms with Crippen LogP contribution in [-0.4, -0.2) is 28.7 Å². The van der Waals surface area contributed by atoms with Gasteiger partial charge in [0.25, 0.3) is 11.1 Å². The molecule has 0 N–H and O–H groups in total. The Morgan fingerprint density at radius 2 is 2.09 bits per heavy atom. The number of hydrogen-bond acceptors (Lipinski definition) is 4. The van der Waals surface area contributed by atoms with Crippen molar-refractivity contribution in [2.24, 2.45) is 0 Å². The highest BCUT2D eigenvalue weighted by Crippen LogP contribution is 2.34. The molecule has 2 rings (SSSR count). The van der Waals surface area contributed by atoms with Crippen molar-refractivity contribution in [3.05, 3.63) is 33.7 Å². The van der Waals surface area contributed by atoms with Gasteiger partial charge in [-0.05, 0) is 55.3 Å². The molecule has 0 aromatic heterocycles. The van der Waals surface area contributed by atoms with Gasteiger partial charge in [-0.15, -0.1) is 0 Å². The molecule has 1 aromatic carbocycles. The van der Waals surface area contributed by atoms with Crippen LogP contribution in [0.15, 0.2) is 23.1 Å². The number of carbonyl (C=O) groups is 2. The van der Waals surface area contributed by atoms with Gasteiger partial charge in [-0.3, -0.25) is 14.5 Å². The third kappa shape index (κ3) is 4.30. The summed E-state index contributed by atoms with van der Waals surface area (Å²) >= 11 is 7.20. The lowest BCUT2D eigenvalue weighted by Crippen LogP contribution is -2.28. The van der Waals surface area contributed by atoms with Crippen LogP contribution in [0, 0.1) is 0 Å². The third-order valence-corrected chi connectivity index (χ3v) is 4.68. The van der Waals surface area contributed by atoms with E-state index in [0.29, 0.717) is 22.2 Å². The first-order valence-corrected chi connectivity index (χ1v) is 8.87. The number of thioether (sulfide) groups is 1. The number of ether oxygens (including phenoxy) is 1. The molecule has 4 nitrogen and oxygen atoms in total. The van der Waals surface area contributed by atoms with E-state index in [1.807, 2.05) is 26.8 Å². The molecule has 1 heterocycles. The van der Waals surface area contributed by atoms with Gasteiger partial charge in [0.1, 0.15) is 5.75 Å². The van der Waals surface area contributed by atoms with Crippen LogP contribution in [0.5, 0.6) is 5.75 Å². The van der Waals surface area contributed by atoms with E-state index in [2.05, 4.69) is 0 Å². The summed E-state index contributed by atoms with van der Waals surface area (Å²) in [6, 6.07) is 5.36. The van der Waals surface area contributed by atoms with Crippen molar-refractivity contribution in [3.63, 3.8) is 0 Å². The fourth-order valence-corrected chi connectivity index (χ4v) is 3.17. The molecule has 1 saturated heterocycles. The number of halogens is 1. The number of benzene rings is 1. The Morgan fingerprint density at radius 3 is 2.70 bits per heavy atom. The molecule has 1 aliphatic heterocycles. The predicted molar refractivity (Wildman–Crippen MR) is 94.8 cm³/mol. The van der Waals surface area contributed by atoms with E-state index in [9.17, 15) is 9.59 Å². The summed E-state index contributed by atoms with van der Waals surface area (Å²) < 4.78 is 5.72. The molecule has 1 aromatic rings. The summed E-state index contributed by atoms with van der Waals surface area (Å²) in [5.74, 6) is 0.384. The molecule has 1 aliphatic rings. The number of amides is 2. The van der Waals surface area contributed by atoms with E-state index in [4.69, 9.17) is 16.3 Å². The van der Waals surface area contributed by atoms with Crippen molar-refractivity contribution >= 4 is 40.6 Å². The maximum atomic E-state index is 12.2. The standard InChI is InChI=1S/C17H20ClNO3S/c1-4-8-19-16(20)15(23-17(19)21)10-12-6-7-14(13(18)9-12)22-11(3)5-2/h6-7,9-11H,4-5,8H2,1-3H3/b15-10+/t11-/m0/s1. The highest BCUT2D eigenvalue weighted by atomic mass is 35.5. The predicted octanol–water partition coefficient (Wildman–Crippen LogP) is 4.96. The molecule has 1 atom stereocenters. The molecule has 23 heavy (non-hydrogen) atoms. The summed E-state index contributed by atoms with van der Waals surface area (Å²) in [5, 5.41) is 0.276. The van der Waals surface area contributed by atoms with Crippen LogP contribution in [0.4, 0.5) is 4.79 Å². The van der Waals surface area contributed by atoms with Gasteiger partial charge in [0.15, 0.2) is 0 Å². The molecule has 0 saturated carbocycles. The fourth-order valence-electron chi connectivity index (χ4n) is 2.07. The van der Waals surface area contributed by atoms with E-state index < -0.39 is 0 Å². The van der Waals surface area contributed by atoms with Crippen LogP contribution in [0.25, 0.3) is 6.08 Å². The minimum Gasteiger partial charge on any atom is -0.489 e. The minimum atomic E-state index is -0.238. The second kappa shape index (κ2) is 7.88. The molecular weight excluding hydrogens is 334 g/mol. The zero-order valence-electron chi connectivity index (χ0n) is 13.5. The van der Waals surface area contributed by atoms with E-state index in [1.165, 1.54) is 4.90 Å². The van der Waals surface area contributed by atoms with Crippen LogP contribution < -0.4 is 4.74 Å². The molecule has 1 fully saturated rings. The Balaban J connectivity index is 2.19. The molecule has 0 spiro atoms. The second-order valence-corrected chi connectivity index (χ2v) is 6.76. The summed E-state index contributed by atoms with van der Waals surface area (Å²) in [7, 11) is 0. The van der Waals surface area contributed by atoms with Gasteiger partial charge >= 0.3 is 0 Å². The number of rotatable bonds is 6. The zero-order valence-corrected chi connectivity index (χ0v) is 15.0. The van der Waals surface area contributed by atoms with Crippen molar-refractivity contribution in [3.8, 4) is 5.75 Å². The molecule has 2 amide bonds. The van der Waals surface area contributed by atoms with Crippen LogP contribution in [0.3, 0.4) is 0 Å². The molecule has 0 unspecified atom stereocenters. The SMILES string of the molecule is CCCN1C(=O)S/C(=C/c2ccc(O[C@@H](C)CC)c(Cl)c2)C1=O. The van der Waals surface area contributed by atoms with Gasteiger partial charge in [-0.1, -0.05) is 31.5 Å². The highest BCUT2D eigenvalue weighted by Gasteiger charge is 2.34. The monoisotopic (exact) mass is 353 g/mol. The lowest BCUT2D eigenvalue weighted by Gasteiger charge is -2.14. The maximum absolute atomic E-state index is 12.2. The van der Waals surface area contributed by atoms with Gasteiger partial charge in [0, 0.05) is 6.54 Å². The van der Waals surface area contributed by atoms with E-state index >= 15 is 0 Å². The van der Waals surface area contributed by atoms with Gasteiger partial charge < -0.3 is 4.74 Å². The van der Waals surface area contributed by atoms with E-state index in [0.717, 1.165) is 30.2 Å². The van der Waals surface area contributed by atoms with Gasteiger partial charge in [0.2, 0.25) is 0 Å². The Kier molecular flexibility index (Phi) is 6.13. The van der Waals surface area contributed by atoms with Crippen LogP contribution >= 0.6 is 23.4 Å². The number of carbonyl (C=O) groups excluding carboxylic acids is 2. The lowest BCUT2D eigenvalue weighted by molar-refractivity contribution is -0.122. The number of nitrogens with zero attached hydrogens (tertiary/aromatic N) is 1. The maximum Gasteiger partial charge on any atom is 0.293 e. The average molecular weight is 354 g/mol. The summed E-state index contributed by atoms with van der Waals surface area (Å²) in [5.41, 5.74) is 0.772. The molecule has 0 radical (unpaired) electrons. The Bertz CT molecular complexity index is 645. The minimum absolute atomic E-state index is 0.0869. The Morgan fingerprint density at radius 1 is 1.35 bits per heavy atom. The lowest BCUT2D eigenvalue weighted by atomic mass is 10.2. The Labute approximate surface area is 145 Å². The van der Waals surface area contributed by atoms with Crippen LogP contribution in [0.2, 0.25) is 5.02 Å². The Hall–Kier alpha value is -1.46. The van der Waals surface area contributed by atoms with Gasteiger partial charge in [0.05, 0.1) is 16.0 Å². The fraction of sp³-hybridized carbons (Fsp3) is 0.412. The normalized spacial score (nSPS) is 17.9. The molecule has 0 aliphatic carbocycles. The average Bonchev–Trinajstić information content (AvgIpc) is 2.78. The van der Waals surface area contributed by atoms with Crippen molar-refractivity contribution in [2.75, 3.05) is 6.54 Å². The van der Waals surface area contributed by atoms with E-state index in [-0.39, 0.29) is 17.3 Å². The molecule has 0 bridgehead atoms. The number of hydrogen-bond donors (Lipinski definition) is 0. The third-order valence-electron chi connectivity index (χ3n) is 3.48. The highest BCUT2D eigenvalue weighted by molar-refractivity contribution is 8.18. The van der Waals surface area contributed by atoms with Crippen molar-refractivity contribution in [1.29, 1.82) is 0 Å². The first-order chi connectivity index (χ1) is 11.0. The number of imide groups is 1. The van der Waals surface area contributed by atoms with Crippen LogP contribution in [0.1, 0.15) is 39.2 Å². The second-order valence-electron chi connectivity index (χ2n) is 5.36.